The van der Waals surface area contributed by atoms with Crippen molar-refractivity contribution in [3.05, 3.63) is 0 Å². The quantitative estimate of drug-likeness (QED) is 0.842. The number of likely N-dealkylation sites (N-methyl/N-ethyl adjacent to an activating group) is 1. The second kappa shape index (κ2) is 7.05. The molecule has 3 heteroatoms. The minimum absolute atomic E-state index is 0.694. The summed E-state index contributed by atoms with van der Waals surface area (Å²) in [6, 6.07) is 2.23. The fraction of sp³-hybridized carbons (Fsp3) is 1.00. The molecule has 0 saturated carbocycles. The molecule has 4 atom stereocenters. The first-order valence-electron chi connectivity index (χ1n) is 8.33. The van der Waals surface area contributed by atoms with E-state index >= 15 is 0 Å². The predicted octanol–water partition coefficient (Wildman–Crippen LogP) is 2.18. The number of likely N-dealkylation sites (tertiary alicyclic amines) is 1. The monoisotopic (exact) mass is 267 g/mol. The zero-order valence-electron chi connectivity index (χ0n) is 13.4. The molecule has 19 heavy (non-hydrogen) atoms. The van der Waals surface area contributed by atoms with E-state index in [1.165, 1.54) is 51.9 Å². The molecule has 2 aliphatic rings. The summed E-state index contributed by atoms with van der Waals surface area (Å²) in [6.45, 7) is 12.1. The van der Waals surface area contributed by atoms with Gasteiger partial charge in [-0.25, -0.2) is 0 Å². The zero-order chi connectivity index (χ0) is 13.8. The lowest BCUT2D eigenvalue weighted by Gasteiger charge is -2.48. The van der Waals surface area contributed by atoms with E-state index < -0.39 is 0 Å². The summed E-state index contributed by atoms with van der Waals surface area (Å²) in [5, 5.41) is 3.80. The van der Waals surface area contributed by atoms with Gasteiger partial charge in [-0.05, 0) is 38.8 Å². The van der Waals surface area contributed by atoms with Gasteiger partial charge in [-0.1, -0.05) is 27.2 Å². The number of rotatable bonds is 4. The van der Waals surface area contributed by atoms with Crippen molar-refractivity contribution in [1.82, 2.24) is 15.1 Å². The largest absolute Gasteiger partial charge is 0.311 e. The summed E-state index contributed by atoms with van der Waals surface area (Å²) in [5.41, 5.74) is 0. The maximum Gasteiger partial charge on any atom is 0.0227 e. The highest BCUT2D eigenvalue weighted by molar-refractivity contribution is 4.92. The van der Waals surface area contributed by atoms with Crippen LogP contribution in [0.25, 0.3) is 0 Å². The van der Waals surface area contributed by atoms with Crippen LogP contribution in [0.4, 0.5) is 0 Å². The van der Waals surface area contributed by atoms with Gasteiger partial charge in [0.15, 0.2) is 0 Å². The summed E-state index contributed by atoms with van der Waals surface area (Å²) in [7, 11) is 2.28. The Morgan fingerprint density at radius 3 is 2.68 bits per heavy atom. The molecule has 2 aliphatic heterocycles. The lowest BCUT2D eigenvalue weighted by atomic mass is 9.92. The molecule has 2 heterocycles. The van der Waals surface area contributed by atoms with Crippen LogP contribution in [0.2, 0.25) is 0 Å². The van der Waals surface area contributed by atoms with Crippen LogP contribution in [0.3, 0.4) is 0 Å². The Hall–Kier alpha value is -0.120. The Labute approximate surface area is 119 Å². The van der Waals surface area contributed by atoms with Gasteiger partial charge in [-0.15, -0.1) is 0 Å². The number of nitrogens with zero attached hydrogens (tertiary/aromatic N) is 2. The van der Waals surface area contributed by atoms with Crippen molar-refractivity contribution in [3.63, 3.8) is 0 Å². The fourth-order valence-electron chi connectivity index (χ4n) is 3.75. The molecule has 0 bridgehead atoms. The summed E-state index contributed by atoms with van der Waals surface area (Å²) >= 11 is 0. The van der Waals surface area contributed by atoms with Gasteiger partial charge in [0.2, 0.25) is 0 Å². The molecule has 112 valence electrons. The van der Waals surface area contributed by atoms with Crippen molar-refractivity contribution in [2.75, 3.05) is 33.2 Å². The highest BCUT2D eigenvalue weighted by Gasteiger charge is 2.34. The van der Waals surface area contributed by atoms with Crippen molar-refractivity contribution in [2.45, 2.75) is 64.6 Å². The molecule has 0 aromatic carbocycles. The van der Waals surface area contributed by atoms with Crippen LogP contribution in [-0.4, -0.2) is 61.2 Å². The third kappa shape index (κ3) is 3.71. The predicted molar refractivity (Wildman–Crippen MR) is 82.5 cm³/mol. The van der Waals surface area contributed by atoms with E-state index in [0.29, 0.717) is 6.04 Å². The summed E-state index contributed by atoms with van der Waals surface area (Å²) < 4.78 is 0. The number of piperazine rings is 1. The minimum atomic E-state index is 0.694. The molecule has 0 aliphatic carbocycles. The lowest BCUT2D eigenvalue weighted by molar-refractivity contribution is 0.0308. The van der Waals surface area contributed by atoms with Gasteiger partial charge in [0.1, 0.15) is 0 Å². The molecule has 3 nitrogen and oxygen atoms in total. The smallest absolute Gasteiger partial charge is 0.0227 e. The molecule has 0 aromatic heterocycles. The first kappa shape index (κ1) is 15.3. The maximum atomic E-state index is 3.80. The van der Waals surface area contributed by atoms with E-state index in [9.17, 15) is 0 Å². The van der Waals surface area contributed by atoms with Crippen LogP contribution in [-0.2, 0) is 0 Å². The molecule has 0 aromatic rings. The van der Waals surface area contributed by atoms with E-state index in [1.54, 1.807) is 0 Å². The van der Waals surface area contributed by atoms with Gasteiger partial charge in [0.25, 0.3) is 0 Å². The second-order valence-electron chi connectivity index (χ2n) is 6.72. The zero-order valence-corrected chi connectivity index (χ0v) is 13.4. The van der Waals surface area contributed by atoms with Crippen molar-refractivity contribution >= 4 is 0 Å². The molecule has 1 N–H and O–H groups in total. The third-order valence-electron chi connectivity index (χ3n) is 5.36. The molecule has 2 fully saturated rings. The Morgan fingerprint density at radius 2 is 2.05 bits per heavy atom. The van der Waals surface area contributed by atoms with E-state index in [-0.39, 0.29) is 0 Å². The first-order chi connectivity index (χ1) is 9.15. The van der Waals surface area contributed by atoms with Crippen LogP contribution in [0, 0.1) is 5.92 Å². The van der Waals surface area contributed by atoms with Gasteiger partial charge in [-0.2, -0.15) is 0 Å². The van der Waals surface area contributed by atoms with Gasteiger partial charge >= 0.3 is 0 Å². The van der Waals surface area contributed by atoms with Crippen molar-refractivity contribution in [3.8, 4) is 0 Å². The molecule has 0 amide bonds. The van der Waals surface area contributed by atoms with Crippen LogP contribution >= 0.6 is 0 Å². The number of hydrogen-bond acceptors (Lipinski definition) is 3. The van der Waals surface area contributed by atoms with Crippen LogP contribution in [0.5, 0.6) is 0 Å². The number of hydrogen-bond donors (Lipinski definition) is 1. The number of nitrogens with one attached hydrogen (secondary N) is 1. The van der Waals surface area contributed by atoms with Crippen molar-refractivity contribution < 1.29 is 0 Å². The van der Waals surface area contributed by atoms with Crippen molar-refractivity contribution in [1.29, 1.82) is 0 Å². The molecule has 2 rings (SSSR count). The van der Waals surface area contributed by atoms with Crippen LogP contribution < -0.4 is 5.32 Å². The standard InChI is InChI=1S/C16H33N3/c1-5-13(3)16-12-19(14(6-2)10-17-16)15-8-7-9-18(4)11-15/h13-17H,5-12H2,1-4H3. The second-order valence-corrected chi connectivity index (χ2v) is 6.72. The summed E-state index contributed by atoms with van der Waals surface area (Å²) in [4.78, 5) is 5.35. The molecule has 0 radical (unpaired) electrons. The number of piperidine rings is 1. The van der Waals surface area contributed by atoms with Gasteiger partial charge in [0.05, 0.1) is 0 Å². The summed E-state index contributed by atoms with van der Waals surface area (Å²) in [5.74, 6) is 0.793. The molecule has 2 saturated heterocycles. The highest BCUT2D eigenvalue weighted by Crippen LogP contribution is 2.23. The molecular weight excluding hydrogens is 234 g/mol. The average molecular weight is 267 g/mol. The summed E-state index contributed by atoms with van der Waals surface area (Å²) in [6.07, 6.45) is 5.33. The highest BCUT2D eigenvalue weighted by atomic mass is 15.3. The van der Waals surface area contributed by atoms with E-state index in [2.05, 4.69) is 42.9 Å². The average Bonchev–Trinajstić information content (AvgIpc) is 2.45. The van der Waals surface area contributed by atoms with Gasteiger partial charge in [0, 0.05) is 37.8 Å². The normalized spacial score (nSPS) is 36.3. The minimum Gasteiger partial charge on any atom is -0.311 e. The fourth-order valence-corrected chi connectivity index (χ4v) is 3.75. The van der Waals surface area contributed by atoms with Crippen molar-refractivity contribution in [2.24, 2.45) is 5.92 Å². The Balaban J connectivity index is 2.00. The van der Waals surface area contributed by atoms with E-state index in [0.717, 1.165) is 18.0 Å². The van der Waals surface area contributed by atoms with E-state index in [1.807, 2.05) is 0 Å². The van der Waals surface area contributed by atoms with E-state index in [4.69, 9.17) is 0 Å². The third-order valence-corrected chi connectivity index (χ3v) is 5.36. The topological polar surface area (TPSA) is 18.5 Å². The first-order valence-corrected chi connectivity index (χ1v) is 8.33. The molecule has 4 unspecified atom stereocenters. The maximum absolute atomic E-state index is 3.80. The van der Waals surface area contributed by atoms with Crippen LogP contribution in [0.1, 0.15) is 46.5 Å². The lowest BCUT2D eigenvalue weighted by Crippen LogP contribution is -2.63. The van der Waals surface area contributed by atoms with Gasteiger partial charge < -0.3 is 10.2 Å². The Kier molecular flexibility index (Phi) is 5.67. The Bertz CT molecular complexity index is 269. The Morgan fingerprint density at radius 1 is 1.26 bits per heavy atom. The van der Waals surface area contributed by atoms with Gasteiger partial charge in [-0.3, -0.25) is 4.90 Å². The van der Waals surface area contributed by atoms with Crippen LogP contribution in [0.15, 0.2) is 0 Å². The SMILES string of the molecule is CCC(C)C1CN(C2CCCN(C)C2)C(CC)CN1. The molecule has 0 spiro atoms. The molecular formula is C16H33N3.